The van der Waals surface area contributed by atoms with Crippen LogP contribution in [0.3, 0.4) is 0 Å². The van der Waals surface area contributed by atoms with Crippen molar-refractivity contribution in [3.63, 3.8) is 0 Å². The number of aliphatic hydroxyl groups excluding tert-OH is 4. The zero-order valence-corrected chi connectivity index (χ0v) is 37.5. The van der Waals surface area contributed by atoms with Crippen molar-refractivity contribution in [2.75, 3.05) is 19.8 Å². The second-order valence-corrected chi connectivity index (χ2v) is 16.6. The Kier molecular flexibility index (Phi) is 37.3. The van der Waals surface area contributed by atoms with Crippen molar-refractivity contribution in [3.05, 3.63) is 36.5 Å². The number of carbonyl (C=O) groups is 2. The summed E-state index contributed by atoms with van der Waals surface area (Å²) in [6.07, 6.45) is 38.6. The molecule has 0 radical (unpaired) electrons. The summed E-state index contributed by atoms with van der Waals surface area (Å²) in [6, 6.07) is 0. The van der Waals surface area contributed by atoms with Crippen molar-refractivity contribution in [2.45, 2.75) is 243 Å². The summed E-state index contributed by atoms with van der Waals surface area (Å²) in [7, 11) is 0. The molecule has 0 aromatic rings. The second kappa shape index (κ2) is 40.0. The first-order valence-electron chi connectivity index (χ1n) is 24.1. The third kappa shape index (κ3) is 31.4. The van der Waals surface area contributed by atoms with Crippen LogP contribution < -0.4 is 0 Å². The van der Waals surface area contributed by atoms with E-state index in [4.69, 9.17) is 18.9 Å². The van der Waals surface area contributed by atoms with Gasteiger partial charge >= 0.3 is 11.9 Å². The first-order valence-corrected chi connectivity index (χ1v) is 24.1. The average molecular weight is 837 g/mol. The van der Waals surface area contributed by atoms with Crippen molar-refractivity contribution in [1.29, 1.82) is 0 Å². The molecule has 1 saturated heterocycles. The van der Waals surface area contributed by atoms with Crippen LogP contribution >= 0.6 is 0 Å². The highest BCUT2D eigenvalue weighted by molar-refractivity contribution is 5.70. The van der Waals surface area contributed by atoms with Crippen LogP contribution in [0.5, 0.6) is 0 Å². The van der Waals surface area contributed by atoms with Crippen LogP contribution in [-0.4, -0.2) is 89.0 Å². The Hall–Kier alpha value is -2.08. The third-order valence-corrected chi connectivity index (χ3v) is 11.0. The van der Waals surface area contributed by atoms with Gasteiger partial charge in [-0.1, -0.05) is 179 Å². The highest BCUT2D eigenvalue weighted by Gasteiger charge is 2.44. The molecule has 0 aromatic carbocycles. The lowest BCUT2D eigenvalue weighted by molar-refractivity contribution is -0.305. The molecule has 0 spiro atoms. The van der Waals surface area contributed by atoms with E-state index in [2.05, 4.69) is 50.3 Å². The Morgan fingerprint density at radius 1 is 0.525 bits per heavy atom. The number of hydrogen-bond donors (Lipinski definition) is 4. The standard InChI is InChI=1S/C49H88O10/c1-3-5-7-9-11-13-15-17-19-21-23-25-27-29-31-33-35-37-44(51)56-40-42(41-57-49-48(55)47(54)46(53)43(39-50)59-49)58-45(52)38-36-34-32-30-28-26-24-22-20-18-16-14-12-10-8-6-4-2/h12,14,18,20,24,26,42-43,46-50,53-55H,3-11,13,15-17,19,21-23,25,27-41H2,1-2H3/b14-12+,20-18+,26-24+/t42-,43-,46+,47?,48?,49-/m0/s1. The van der Waals surface area contributed by atoms with Crippen LogP contribution in [0, 0.1) is 0 Å². The minimum atomic E-state index is -1.60. The maximum absolute atomic E-state index is 12.8. The third-order valence-electron chi connectivity index (χ3n) is 11.0. The SMILES string of the molecule is CCCCC/C=C/C/C=C/C/C=C/CCCCCCC(=O)O[C@@H](COC(=O)CCCCCCCCCCCCCCCCCCC)CO[C@H]1O[C@@H](CO)[C@@H](O)C(O)C1O. The van der Waals surface area contributed by atoms with E-state index in [1.54, 1.807) is 0 Å². The number of esters is 2. The fourth-order valence-electron chi connectivity index (χ4n) is 7.20. The van der Waals surface area contributed by atoms with Crippen LogP contribution in [0.1, 0.15) is 206 Å². The van der Waals surface area contributed by atoms with Crippen molar-refractivity contribution in [2.24, 2.45) is 0 Å². The minimum absolute atomic E-state index is 0.206. The van der Waals surface area contributed by atoms with E-state index in [1.165, 1.54) is 116 Å². The van der Waals surface area contributed by atoms with E-state index in [1.807, 2.05) is 0 Å². The van der Waals surface area contributed by atoms with Gasteiger partial charge in [0.2, 0.25) is 0 Å². The maximum Gasteiger partial charge on any atom is 0.306 e. The van der Waals surface area contributed by atoms with Crippen molar-refractivity contribution in [1.82, 2.24) is 0 Å². The maximum atomic E-state index is 12.8. The number of aliphatic hydroxyl groups is 4. The van der Waals surface area contributed by atoms with Gasteiger partial charge in [0.25, 0.3) is 0 Å². The van der Waals surface area contributed by atoms with Gasteiger partial charge in [0.15, 0.2) is 12.4 Å². The predicted molar refractivity (Wildman–Crippen MR) is 238 cm³/mol. The monoisotopic (exact) mass is 837 g/mol. The number of rotatable bonds is 40. The Labute approximate surface area is 359 Å². The largest absolute Gasteiger partial charge is 0.462 e. The molecular formula is C49H88O10. The molecule has 1 fully saturated rings. The van der Waals surface area contributed by atoms with Crippen LogP contribution in [0.2, 0.25) is 0 Å². The molecule has 1 heterocycles. The molecular weight excluding hydrogens is 749 g/mol. The van der Waals surface area contributed by atoms with E-state index in [0.29, 0.717) is 6.42 Å². The van der Waals surface area contributed by atoms with Crippen LogP contribution in [0.4, 0.5) is 0 Å². The molecule has 0 saturated carbocycles. The lowest BCUT2D eigenvalue weighted by Gasteiger charge is -2.39. The summed E-state index contributed by atoms with van der Waals surface area (Å²) >= 11 is 0. The molecule has 2 unspecified atom stereocenters. The van der Waals surface area contributed by atoms with Crippen LogP contribution in [0.25, 0.3) is 0 Å². The van der Waals surface area contributed by atoms with Crippen LogP contribution in [0.15, 0.2) is 36.5 Å². The molecule has 0 amide bonds. The molecule has 1 aliphatic rings. The topological polar surface area (TPSA) is 152 Å². The van der Waals surface area contributed by atoms with Gasteiger partial charge in [0, 0.05) is 12.8 Å². The molecule has 10 heteroatoms. The predicted octanol–water partition coefficient (Wildman–Crippen LogP) is 10.7. The Morgan fingerprint density at radius 3 is 1.46 bits per heavy atom. The van der Waals surface area contributed by atoms with E-state index >= 15 is 0 Å². The van der Waals surface area contributed by atoms with Crippen molar-refractivity contribution >= 4 is 11.9 Å². The van der Waals surface area contributed by atoms with Gasteiger partial charge in [-0.15, -0.1) is 0 Å². The number of hydrogen-bond acceptors (Lipinski definition) is 10. The molecule has 4 N–H and O–H groups in total. The zero-order valence-electron chi connectivity index (χ0n) is 37.5. The summed E-state index contributed by atoms with van der Waals surface area (Å²) in [6.45, 7) is 3.39. The van der Waals surface area contributed by atoms with Crippen LogP contribution in [-0.2, 0) is 28.5 Å². The van der Waals surface area contributed by atoms with E-state index < -0.39 is 49.4 Å². The summed E-state index contributed by atoms with van der Waals surface area (Å²) in [5.41, 5.74) is 0. The highest BCUT2D eigenvalue weighted by atomic mass is 16.7. The van der Waals surface area contributed by atoms with Crippen molar-refractivity contribution in [3.8, 4) is 0 Å². The molecule has 0 aromatic heterocycles. The summed E-state index contributed by atoms with van der Waals surface area (Å²) < 4.78 is 22.2. The fraction of sp³-hybridized carbons (Fsp3) is 0.837. The first kappa shape index (κ1) is 54.9. The Balaban J connectivity index is 2.31. The van der Waals surface area contributed by atoms with Gasteiger partial charge in [0.05, 0.1) is 13.2 Å². The molecule has 0 bridgehead atoms. The lowest BCUT2D eigenvalue weighted by atomic mass is 9.99. The van der Waals surface area contributed by atoms with Gasteiger partial charge in [-0.25, -0.2) is 0 Å². The second-order valence-electron chi connectivity index (χ2n) is 16.6. The van der Waals surface area contributed by atoms with E-state index in [9.17, 15) is 30.0 Å². The number of unbranched alkanes of at least 4 members (excludes halogenated alkanes) is 23. The quantitative estimate of drug-likeness (QED) is 0.0267. The minimum Gasteiger partial charge on any atom is -0.462 e. The Bertz CT molecular complexity index is 1060. The Morgan fingerprint density at radius 2 is 0.949 bits per heavy atom. The molecule has 59 heavy (non-hydrogen) atoms. The lowest BCUT2D eigenvalue weighted by Crippen LogP contribution is -2.59. The van der Waals surface area contributed by atoms with E-state index in [-0.39, 0.29) is 32.0 Å². The molecule has 344 valence electrons. The molecule has 1 rings (SSSR count). The zero-order chi connectivity index (χ0) is 43.0. The van der Waals surface area contributed by atoms with Gasteiger partial charge in [-0.3, -0.25) is 9.59 Å². The molecule has 0 aliphatic carbocycles. The molecule has 1 aliphatic heterocycles. The number of ether oxygens (including phenoxy) is 4. The normalized spacial score (nSPS) is 20.3. The van der Waals surface area contributed by atoms with Gasteiger partial charge < -0.3 is 39.4 Å². The highest BCUT2D eigenvalue weighted by Crippen LogP contribution is 2.23. The fourth-order valence-corrected chi connectivity index (χ4v) is 7.20. The van der Waals surface area contributed by atoms with Crippen molar-refractivity contribution < 1.29 is 49.0 Å². The first-order chi connectivity index (χ1) is 28.8. The number of carbonyl (C=O) groups excluding carboxylic acids is 2. The average Bonchev–Trinajstić information content (AvgIpc) is 3.23. The number of allylic oxidation sites excluding steroid dienone is 6. The van der Waals surface area contributed by atoms with E-state index in [0.717, 1.165) is 57.8 Å². The van der Waals surface area contributed by atoms with Gasteiger partial charge in [0.1, 0.15) is 31.0 Å². The summed E-state index contributed by atoms with van der Waals surface area (Å²) in [5, 5.41) is 40.1. The van der Waals surface area contributed by atoms with Gasteiger partial charge in [-0.2, -0.15) is 0 Å². The molecule has 10 nitrogen and oxygen atoms in total. The molecule has 6 atom stereocenters. The smallest absolute Gasteiger partial charge is 0.306 e. The summed E-state index contributed by atoms with van der Waals surface area (Å²) in [4.78, 5) is 25.4. The van der Waals surface area contributed by atoms with Gasteiger partial charge in [-0.05, 0) is 51.4 Å². The summed E-state index contributed by atoms with van der Waals surface area (Å²) in [5.74, 6) is -0.825.